The van der Waals surface area contributed by atoms with Crippen LogP contribution < -0.4 is 16.8 Å². The van der Waals surface area contributed by atoms with Gasteiger partial charge in [-0.05, 0) is 37.6 Å². The minimum atomic E-state index is -0.577. The van der Waals surface area contributed by atoms with Crippen LogP contribution in [0.4, 0.5) is 17.1 Å². The molecule has 0 bridgehead atoms. The van der Waals surface area contributed by atoms with Crippen molar-refractivity contribution in [3.05, 3.63) is 52.0 Å². The van der Waals surface area contributed by atoms with Gasteiger partial charge in [0, 0.05) is 11.4 Å². The second-order valence-electron chi connectivity index (χ2n) is 4.73. The van der Waals surface area contributed by atoms with Gasteiger partial charge in [0.25, 0.3) is 5.91 Å². The minimum absolute atomic E-state index is 0.273. The Kier molecular flexibility index (Phi) is 3.86. The van der Waals surface area contributed by atoms with Crippen molar-refractivity contribution in [3.63, 3.8) is 0 Å². The molecule has 4 nitrogen and oxygen atoms in total. The van der Waals surface area contributed by atoms with Gasteiger partial charge in [-0.3, -0.25) is 4.79 Å². The smallest absolute Gasteiger partial charge is 0.250 e. The number of carbonyl (C=O) groups is 1. The lowest BCUT2D eigenvalue weighted by Gasteiger charge is -2.15. The topological polar surface area (TPSA) is 81.1 Å². The summed E-state index contributed by atoms with van der Waals surface area (Å²) in [7, 11) is 0. The van der Waals surface area contributed by atoms with Crippen LogP contribution in [0.1, 0.15) is 21.5 Å². The second kappa shape index (κ2) is 5.43. The summed E-state index contributed by atoms with van der Waals surface area (Å²) in [4.78, 5) is 11.5. The third-order valence-electron chi connectivity index (χ3n) is 3.02. The number of halogens is 1. The van der Waals surface area contributed by atoms with Crippen LogP contribution in [0, 0.1) is 13.8 Å². The second-order valence-corrected chi connectivity index (χ2v) is 5.14. The van der Waals surface area contributed by atoms with E-state index in [0.29, 0.717) is 16.4 Å². The molecule has 0 unspecified atom stereocenters. The van der Waals surface area contributed by atoms with Gasteiger partial charge in [-0.2, -0.15) is 0 Å². The molecule has 1 amide bonds. The SMILES string of the molecule is Cc1ccc(Nc2c(Cl)cc(N)cc2C(N)=O)c(C)c1. The summed E-state index contributed by atoms with van der Waals surface area (Å²) in [6.45, 7) is 3.99. The predicted molar refractivity (Wildman–Crippen MR) is 83.6 cm³/mol. The number of nitrogen functional groups attached to an aromatic ring is 1. The molecule has 0 fully saturated rings. The van der Waals surface area contributed by atoms with E-state index in [0.717, 1.165) is 16.8 Å². The Bertz CT molecular complexity index is 683. The number of rotatable bonds is 3. The minimum Gasteiger partial charge on any atom is -0.399 e. The number of nitrogens with one attached hydrogen (secondary N) is 1. The number of hydrogen-bond donors (Lipinski definition) is 3. The largest absolute Gasteiger partial charge is 0.399 e. The van der Waals surface area contributed by atoms with E-state index in [4.69, 9.17) is 23.1 Å². The van der Waals surface area contributed by atoms with Crippen molar-refractivity contribution in [3.8, 4) is 0 Å². The Morgan fingerprint density at radius 3 is 2.50 bits per heavy atom. The van der Waals surface area contributed by atoms with Crippen LogP contribution in [0.2, 0.25) is 5.02 Å². The van der Waals surface area contributed by atoms with E-state index in [-0.39, 0.29) is 5.56 Å². The number of primary amides is 1. The first kappa shape index (κ1) is 14.2. The van der Waals surface area contributed by atoms with E-state index in [1.54, 1.807) is 6.07 Å². The number of anilines is 3. The number of aryl methyl sites for hydroxylation is 2. The molecule has 2 aromatic rings. The van der Waals surface area contributed by atoms with Crippen molar-refractivity contribution in [2.45, 2.75) is 13.8 Å². The summed E-state index contributed by atoms with van der Waals surface area (Å²) >= 11 is 6.16. The average molecular weight is 290 g/mol. The maximum Gasteiger partial charge on any atom is 0.250 e. The zero-order chi connectivity index (χ0) is 14.9. The molecule has 0 aliphatic heterocycles. The lowest BCUT2D eigenvalue weighted by Crippen LogP contribution is -2.14. The monoisotopic (exact) mass is 289 g/mol. The third-order valence-corrected chi connectivity index (χ3v) is 3.32. The molecule has 20 heavy (non-hydrogen) atoms. The number of hydrogen-bond acceptors (Lipinski definition) is 3. The highest BCUT2D eigenvalue weighted by Crippen LogP contribution is 2.32. The number of benzene rings is 2. The zero-order valence-corrected chi connectivity index (χ0v) is 12.1. The average Bonchev–Trinajstić information content (AvgIpc) is 2.34. The van der Waals surface area contributed by atoms with Gasteiger partial charge in [0.2, 0.25) is 0 Å². The fourth-order valence-corrected chi connectivity index (χ4v) is 2.31. The van der Waals surface area contributed by atoms with Gasteiger partial charge in [-0.15, -0.1) is 0 Å². The lowest BCUT2D eigenvalue weighted by atomic mass is 10.1. The fourth-order valence-electron chi connectivity index (χ4n) is 2.04. The summed E-state index contributed by atoms with van der Waals surface area (Å²) in [6, 6.07) is 9.05. The van der Waals surface area contributed by atoms with Crippen LogP contribution in [0.3, 0.4) is 0 Å². The van der Waals surface area contributed by atoms with Crippen LogP contribution in [0.25, 0.3) is 0 Å². The molecule has 0 heterocycles. The quantitative estimate of drug-likeness (QED) is 0.758. The number of amides is 1. The van der Waals surface area contributed by atoms with Crippen LogP contribution in [-0.4, -0.2) is 5.91 Å². The lowest BCUT2D eigenvalue weighted by molar-refractivity contribution is 0.100. The summed E-state index contributed by atoms with van der Waals surface area (Å²) < 4.78 is 0. The molecule has 0 spiro atoms. The van der Waals surface area contributed by atoms with Gasteiger partial charge in [0.15, 0.2) is 0 Å². The van der Waals surface area contributed by atoms with Crippen LogP contribution in [0.5, 0.6) is 0 Å². The van der Waals surface area contributed by atoms with Gasteiger partial charge in [0.1, 0.15) is 0 Å². The molecule has 0 saturated heterocycles. The fraction of sp³-hybridized carbons (Fsp3) is 0.133. The molecule has 0 aliphatic carbocycles. The Morgan fingerprint density at radius 1 is 1.20 bits per heavy atom. The van der Waals surface area contributed by atoms with Gasteiger partial charge in [-0.1, -0.05) is 29.3 Å². The Hall–Kier alpha value is -2.20. The Morgan fingerprint density at radius 2 is 1.90 bits per heavy atom. The maximum absolute atomic E-state index is 11.5. The molecule has 5 N–H and O–H groups in total. The van der Waals surface area contributed by atoms with E-state index < -0.39 is 5.91 Å². The summed E-state index contributed by atoms with van der Waals surface area (Å²) in [5.41, 5.74) is 15.3. The van der Waals surface area contributed by atoms with E-state index >= 15 is 0 Å². The van der Waals surface area contributed by atoms with Crippen LogP contribution >= 0.6 is 11.6 Å². The maximum atomic E-state index is 11.5. The molecular weight excluding hydrogens is 274 g/mol. The highest BCUT2D eigenvalue weighted by atomic mass is 35.5. The molecule has 2 rings (SSSR count). The number of nitrogens with two attached hydrogens (primary N) is 2. The molecule has 0 saturated carbocycles. The van der Waals surface area contributed by atoms with Crippen molar-refractivity contribution in [2.24, 2.45) is 5.73 Å². The molecule has 104 valence electrons. The van der Waals surface area contributed by atoms with E-state index in [9.17, 15) is 4.79 Å². The Labute approximate surface area is 122 Å². The van der Waals surface area contributed by atoms with Crippen molar-refractivity contribution < 1.29 is 4.79 Å². The van der Waals surface area contributed by atoms with Crippen LogP contribution in [-0.2, 0) is 0 Å². The Balaban J connectivity index is 2.50. The highest BCUT2D eigenvalue weighted by Gasteiger charge is 2.14. The van der Waals surface area contributed by atoms with Crippen LogP contribution in [0.15, 0.2) is 30.3 Å². The summed E-state index contributed by atoms with van der Waals surface area (Å²) in [5, 5.41) is 3.52. The first-order valence-electron chi connectivity index (χ1n) is 6.11. The van der Waals surface area contributed by atoms with Gasteiger partial charge < -0.3 is 16.8 Å². The van der Waals surface area contributed by atoms with Crippen molar-refractivity contribution in [2.75, 3.05) is 11.1 Å². The van der Waals surface area contributed by atoms with Crippen molar-refractivity contribution in [1.82, 2.24) is 0 Å². The zero-order valence-electron chi connectivity index (χ0n) is 11.3. The van der Waals surface area contributed by atoms with Crippen molar-refractivity contribution in [1.29, 1.82) is 0 Å². The summed E-state index contributed by atoms with van der Waals surface area (Å²) in [6.07, 6.45) is 0. The van der Waals surface area contributed by atoms with Crippen molar-refractivity contribution >= 4 is 34.6 Å². The first-order chi connectivity index (χ1) is 9.38. The molecular formula is C15H16ClN3O. The van der Waals surface area contributed by atoms with E-state index in [1.165, 1.54) is 6.07 Å². The van der Waals surface area contributed by atoms with Gasteiger partial charge >= 0.3 is 0 Å². The van der Waals surface area contributed by atoms with Gasteiger partial charge in [0.05, 0.1) is 16.3 Å². The van der Waals surface area contributed by atoms with E-state index in [1.807, 2.05) is 32.0 Å². The predicted octanol–water partition coefficient (Wildman–Crippen LogP) is 3.38. The highest BCUT2D eigenvalue weighted by molar-refractivity contribution is 6.34. The molecule has 5 heteroatoms. The first-order valence-corrected chi connectivity index (χ1v) is 6.49. The summed E-state index contributed by atoms with van der Waals surface area (Å²) in [5.74, 6) is -0.577. The molecule has 0 radical (unpaired) electrons. The standard InChI is InChI=1S/C15H16ClN3O/c1-8-3-4-13(9(2)5-8)19-14-11(15(18)20)6-10(17)7-12(14)16/h3-7,19H,17H2,1-2H3,(H2,18,20). The number of carbonyl (C=O) groups excluding carboxylic acids is 1. The van der Waals surface area contributed by atoms with Gasteiger partial charge in [-0.25, -0.2) is 0 Å². The molecule has 0 atom stereocenters. The molecule has 0 aliphatic rings. The molecule has 0 aromatic heterocycles. The van der Waals surface area contributed by atoms with E-state index in [2.05, 4.69) is 5.32 Å². The molecule has 2 aromatic carbocycles. The normalized spacial score (nSPS) is 10.3. The third kappa shape index (κ3) is 2.86.